The summed E-state index contributed by atoms with van der Waals surface area (Å²) < 4.78 is 28.8. The molecule has 0 aliphatic carbocycles. The maximum Gasteiger partial charge on any atom is 0.243 e. The zero-order valence-electron chi connectivity index (χ0n) is 16.8. The van der Waals surface area contributed by atoms with E-state index >= 15 is 0 Å². The lowest BCUT2D eigenvalue weighted by atomic mass is 10.2. The van der Waals surface area contributed by atoms with Gasteiger partial charge in [-0.3, -0.25) is 4.79 Å². The fourth-order valence-corrected chi connectivity index (χ4v) is 5.11. The van der Waals surface area contributed by atoms with Crippen LogP contribution in [0.2, 0.25) is 5.02 Å². The number of nitrogens with zero attached hydrogens (tertiary/aromatic N) is 3. The van der Waals surface area contributed by atoms with Gasteiger partial charge in [0.05, 0.1) is 11.4 Å². The molecule has 30 heavy (non-hydrogen) atoms. The van der Waals surface area contributed by atoms with Gasteiger partial charge >= 0.3 is 0 Å². The van der Waals surface area contributed by atoms with Crippen molar-refractivity contribution in [2.75, 3.05) is 39.3 Å². The van der Waals surface area contributed by atoms with Crippen molar-refractivity contribution in [2.45, 2.75) is 18.4 Å². The summed E-state index contributed by atoms with van der Waals surface area (Å²) in [5.74, 6) is -0.180. The first kappa shape index (κ1) is 23.2. The molecule has 0 bridgehead atoms. The van der Waals surface area contributed by atoms with E-state index in [1.807, 2.05) is 24.3 Å². The number of sulfonamides is 1. The van der Waals surface area contributed by atoms with Crippen LogP contribution in [-0.2, 0) is 21.4 Å². The average Bonchev–Trinajstić information content (AvgIpc) is 2.75. The summed E-state index contributed by atoms with van der Waals surface area (Å²) in [5.41, 5.74) is 0.805. The summed E-state index contributed by atoms with van der Waals surface area (Å²) >= 11 is 9.31. The summed E-state index contributed by atoms with van der Waals surface area (Å²) in [6, 6.07) is 13.4. The molecule has 6 nitrogen and oxygen atoms in total. The smallest absolute Gasteiger partial charge is 0.243 e. The zero-order chi connectivity index (χ0) is 21.7. The molecule has 162 valence electrons. The van der Waals surface area contributed by atoms with E-state index in [0.29, 0.717) is 18.1 Å². The molecule has 0 saturated carbocycles. The van der Waals surface area contributed by atoms with Crippen LogP contribution >= 0.6 is 27.5 Å². The minimum absolute atomic E-state index is 0.110. The molecule has 1 saturated heterocycles. The Balaban J connectivity index is 1.82. The Morgan fingerprint density at radius 3 is 2.20 bits per heavy atom. The van der Waals surface area contributed by atoms with E-state index in [-0.39, 0.29) is 23.9 Å². The van der Waals surface area contributed by atoms with Crippen LogP contribution in [0.15, 0.2) is 57.9 Å². The van der Waals surface area contributed by atoms with Crippen LogP contribution in [0, 0.1) is 0 Å². The van der Waals surface area contributed by atoms with Crippen molar-refractivity contribution in [1.82, 2.24) is 14.1 Å². The third-order valence-electron chi connectivity index (χ3n) is 5.21. The van der Waals surface area contributed by atoms with Crippen molar-refractivity contribution >= 4 is 43.5 Å². The second kappa shape index (κ2) is 10.2. The predicted octanol–water partition coefficient (Wildman–Crippen LogP) is 3.46. The van der Waals surface area contributed by atoms with Crippen LogP contribution in [0.5, 0.6) is 0 Å². The van der Waals surface area contributed by atoms with E-state index in [4.69, 9.17) is 11.6 Å². The van der Waals surface area contributed by atoms with Gasteiger partial charge in [0.1, 0.15) is 0 Å². The van der Waals surface area contributed by atoms with Gasteiger partial charge in [0.25, 0.3) is 0 Å². The monoisotopic (exact) mass is 513 g/mol. The van der Waals surface area contributed by atoms with Crippen LogP contribution in [0.4, 0.5) is 0 Å². The molecule has 9 heteroatoms. The molecule has 1 aliphatic heterocycles. The maximum atomic E-state index is 13.3. The Morgan fingerprint density at radius 2 is 1.63 bits per heavy atom. The molecule has 2 aromatic rings. The van der Waals surface area contributed by atoms with Crippen LogP contribution in [0.3, 0.4) is 0 Å². The minimum Gasteiger partial charge on any atom is -0.339 e. The summed E-state index contributed by atoms with van der Waals surface area (Å²) in [6.45, 7) is 5.78. The van der Waals surface area contributed by atoms with Crippen LogP contribution in [-0.4, -0.2) is 67.7 Å². The third-order valence-corrected chi connectivity index (χ3v) is 7.79. The maximum absolute atomic E-state index is 13.3. The number of carbonyl (C=O) groups excluding carboxylic acids is 1. The van der Waals surface area contributed by atoms with Gasteiger partial charge < -0.3 is 9.80 Å². The van der Waals surface area contributed by atoms with Crippen LogP contribution < -0.4 is 0 Å². The van der Waals surface area contributed by atoms with Crippen molar-refractivity contribution in [3.63, 3.8) is 0 Å². The lowest BCUT2D eigenvalue weighted by Crippen LogP contribution is -2.51. The average molecular weight is 515 g/mol. The predicted molar refractivity (Wildman–Crippen MR) is 122 cm³/mol. The Morgan fingerprint density at radius 1 is 1.03 bits per heavy atom. The van der Waals surface area contributed by atoms with E-state index in [2.05, 4.69) is 27.8 Å². The van der Waals surface area contributed by atoms with Crippen molar-refractivity contribution in [1.29, 1.82) is 0 Å². The molecule has 0 spiro atoms. The van der Waals surface area contributed by atoms with Gasteiger partial charge in [0.2, 0.25) is 15.9 Å². The highest BCUT2D eigenvalue weighted by atomic mass is 79.9. The third kappa shape index (κ3) is 5.82. The quantitative estimate of drug-likeness (QED) is 0.568. The molecular formula is C21H25BrClN3O3S. The number of piperazine rings is 1. The Labute approximate surface area is 191 Å². The normalized spacial score (nSPS) is 15.5. The standard InChI is InChI=1S/C21H25BrClN3O3S/c1-2-24-11-13-25(14-12-24)21(27)16-26(15-17-3-5-18(22)6-4-17)30(28,29)20-9-7-19(23)8-10-20/h3-10H,2,11-16H2,1H3. The second-order valence-corrected chi connectivity index (χ2v) is 10.5. The number of benzene rings is 2. The number of rotatable bonds is 7. The molecule has 1 aliphatic rings. The van der Waals surface area contributed by atoms with Crippen LogP contribution in [0.25, 0.3) is 0 Å². The zero-order valence-corrected chi connectivity index (χ0v) is 20.0. The molecular weight excluding hydrogens is 490 g/mol. The minimum atomic E-state index is -3.87. The number of hydrogen-bond acceptors (Lipinski definition) is 4. The molecule has 3 rings (SSSR count). The highest BCUT2D eigenvalue weighted by Gasteiger charge is 2.29. The lowest BCUT2D eigenvalue weighted by Gasteiger charge is -2.35. The van der Waals surface area contributed by atoms with Gasteiger partial charge in [-0.05, 0) is 48.5 Å². The molecule has 0 aromatic heterocycles. The summed E-state index contributed by atoms with van der Waals surface area (Å²) in [4.78, 5) is 17.1. The number of halogens is 2. The summed E-state index contributed by atoms with van der Waals surface area (Å²) in [7, 11) is -3.87. The van der Waals surface area contributed by atoms with Gasteiger partial charge in [-0.15, -0.1) is 0 Å². The van der Waals surface area contributed by atoms with Crippen molar-refractivity contribution < 1.29 is 13.2 Å². The lowest BCUT2D eigenvalue weighted by molar-refractivity contribution is -0.133. The molecule has 1 fully saturated rings. The van der Waals surface area contributed by atoms with E-state index in [1.54, 1.807) is 4.90 Å². The molecule has 0 unspecified atom stereocenters. The van der Waals surface area contributed by atoms with E-state index < -0.39 is 10.0 Å². The first-order valence-corrected chi connectivity index (χ1v) is 12.4. The Bertz CT molecular complexity index is 960. The van der Waals surface area contributed by atoms with Gasteiger partial charge in [0, 0.05) is 42.2 Å². The Kier molecular flexibility index (Phi) is 7.92. The van der Waals surface area contributed by atoms with Crippen molar-refractivity contribution in [3.8, 4) is 0 Å². The number of likely N-dealkylation sites (N-methyl/N-ethyl adjacent to an activating group) is 1. The topological polar surface area (TPSA) is 60.9 Å². The fourth-order valence-electron chi connectivity index (χ4n) is 3.34. The molecule has 0 N–H and O–H groups in total. The number of carbonyl (C=O) groups is 1. The first-order valence-electron chi connectivity index (χ1n) is 9.80. The highest BCUT2D eigenvalue weighted by Crippen LogP contribution is 2.22. The summed E-state index contributed by atoms with van der Waals surface area (Å²) in [5, 5.41) is 0.457. The number of amides is 1. The molecule has 1 amide bonds. The van der Waals surface area contributed by atoms with Gasteiger partial charge in [-0.1, -0.05) is 46.6 Å². The van der Waals surface area contributed by atoms with Crippen molar-refractivity contribution in [3.05, 3.63) is 63.6 Å². The van der Waals surface area contributed by atoms with Crippen molar-refractivity contribution in [2.24, 2.45) is 0 Å². The number of hydrogen-bond donors (Lipinski definition) is 0. The second-order valence-electron chi connectivity index (χ2n) is 7.17. The van der Waals surface area contributed by atoms with E-state index in [9.17, 15) is 13.2 Å². The van der Waals surface area contributed by atoms with Gasteiger partial charge in [-0.25, -0.2) is 8.42 Å². The summed E-state index contributed by atoms with van der Waals surface area (Å²) in [6.07, 6.45) is 0. The highest BCUT2D eigenvalue weighted by molar-refractivity contribution is 9.10. The molecule has 2 aromatic carbocycles. The molecule has 0 radical (unpaired) electrons. The largest absolute Gasteiger partial charge is 0.339 e. The molecule has 0 atom stereocenters. The van der Waals surface area contributed by atoms with Crippen LogP contribution in [0.1, 0.15) is 12.5 Å². The first-order chi connectivity index (χ1) is 14.3. The van der Waals surface area contributed by atoms with E-state index in [0.717, 1.165) is 29.7 Å². The fraction of sp³-hybridized carbons (Fsp3) is 0.381. The molecule has 1 heterocycles. The van der Waals surface area contributed by atoms with E-state index in [1.165, 1.54) is 28.6 Å². The van der Waals surface area contributed by atoms with Gasteiger partial charge in [-0.2, -0.15) is 4.31 Å². The van der Waals surface area contributed by atoms with Gasteiger partial charge in [0.15, 0.2) is 0 Å². The SMILES string of the molecule is CCN1CCN(C(=O)CN(Cc2ccc(Br)cc2)S(=O)(=O)c2ccc(Cl)cc2)CC1. The Hall–Kier alpha value is -1.45.